The summed E-state index contributed by atoms with van der Waals surface area (Å²) in [5.41, 5.74) is 3.17. The molecule has 1 aromatic carbocycles. The molecule has 0 radical (unpaired) electrons. The molecule has 0 aliphatic carbocycles. The van der Waals surface area contributed by atoms with E-state index in [-0.39, 0.29) is 5.82 Å². The normalized spacial score (nSPS) is 12.8. The molecule has 1 unspecified atom stereocenters. The fraction of sp³-hybridized carbons (Fsp3) is 0.231. The van der Waals surface area contributed by atoms with Crippen molar-refractivity contribution in [2.75, 3.05) is 0 Å². The summed E-state index contributed by atoms with van der Waals surface area (Å²) < 4.78 is 14.2. The number of halogens is 2. The van der Waals surface area contributed by atoms with E-state index in [1.807, 2.05) is 25.3 Å². The van der Waals surface area contributed by atoms with Crippen LogP contribution in [-0.4, -0.2) is 5.11 Å². The maximum Gasteiger partial charge on any atom is 0.123 e. The Morgan fingerprint density at radius 2 is 1.82 bits per heavy atom. The number of aliphatic hydroxyl groups excluding tert-OH is 1. The summed E-state index contributed by atoms with van der Waals surface area (Å²) in [6, 6.07) is 4.79. The summed E-state index contributed by atoms with van der Waals surface area (Å²) in [5.74, 6) is -0.262. The lowest BCUT2D eigenvalue weighted by atomic mass is 9.95. The fourth-order valence-corrected chi connectivity index (χ4v) is 3.18. The van der Waals surface area contributed by atoms with Crippen molar-refractivity contribution in [2.45, 2.75) is 20.0 Å². The molecule has 1 aromatic heterocycles. The van der Waals surface area contributed by atoms with Crippen molar-refractivity contribution in [1.82, 2.24) is 0 Å². The van der Waals surface area contributed by atoms with Gasteiger partial charge in [0, 0.05) is 0 Å². The van der Waals surface area contributed by atoms with Gasteiger partial charge in [-0.2, -0.15) is 0 Å². The summed E-state index contributed by atoms with van der Waals surface area (Å²) in [5, 5.41) is 12.2. The molecule has 1 heterocycles. The number of aliphatic hydroxyl groups is 1. The summed E-state index contributed by atoms with van der Waals surface area (Å²) in [6.45, 7) is 3.63. The van der Waals surface area contributed by atoms with Crippen LogP contribution in [0.1, 0.15) is 28.4 Å². The minimum atomic E-state index is -0.696. The summed E-state index contributed by atoms with van der Waals surface area (Å²) in [4.78, 5) is 0. The molecule has 4 heteroatoms. The smallest absolute Gasteiger partial charge is 0.123 e. The molecule has 0 spiro atoms. The largest absolute Gasteiger partial charge is 0.384 e. The predicted molar refractivity (Wildman–Crippen MR) is 72.0 cm³/mol. The first-order valence-corrected chi connectivity index (χ1v) is 6.85. The lowest BCUT2D eigenvalue weighted by Crippen LogP contribution is -2.04. The van der Waals surface area contributed by atoms with Gasteiger partial charge in [-0.25, -0.2) is 4.39 Å². The highest BCUT2D eigenvalue weighted by Crippen LogP contribution is 2.32. The van der Waals surface area contributed by atoms with Gasteiger partial charge in [0.05, 0.1) is 3.79 Å². The van der Waals surface area contributed by atoms with Crippen LogP contribution < -0.4 is 0 Å². The van der Waals surface area contributed by atoms with Gasteiger partial charge in [0.2, 0.25) is 0 Å². The molecule has 2 rings (SSSR count). The number of hydrogen-bond donors (Lipinski definition) is 1. The summed E-state index contributed by atoms with van der Waals surface area (Å²) in [7, 11) is 0. The van der Waals surface area contributed by atoms with E-state index in [0.29, 0.717) is 0 Å². The molecule has 17 heavy (non-hydrogen) atoms. The van der Waals surface area contributed by atoms with E-state index in [1.54, 1.807) is 0 Å². The molecular formula is C13H12BrFOS. The number of thiophene rings is 1. The van der Waals surface area contributed by atoms with Crippen LogP contribution in [0.4, 0.5) is 4.39 Å². The maximum absolute atomic E-state index is 13.2. The van der Waals surface area contributed by atoms with Crippen LogP contribution >= 0.6 is 27.3 Å². The molecule has 0 saturated heterocycles. The Hall–Kier alpha value is -0.710. The van der Waals surface area contributed by atoms with Crippen molar-refractivity contribution in [1.29, 1.82) is 0 Å². The molecule has 1 nitrogen and oxygen atoms in total. The predicted octanol–water partition coefficient (Wildman–Crippen LogP) is 4.35. The van der Waals surface area contributed by atoms with Gasteiger partial charge in [-0.05, 0) is 75.6 Å². The highest BCUT2D eigenvalue weighted by atomic mass is 79.9. The van der Waals surface area contributed by atoms with Crippen LogP contribution in [-0.2, 0) is 0 Å². The van der Waals surface area contributed by atoms with Gasteiger partial charge in [-0.3, -0.25) is 0 Å². The summed E-state index contributed by atoms with van der Waals surface area (Å²) >= 11 is 4.89. The van der Waals surface area contributed by atoms with Gasteiger partial charge in [0.25, 0.3) is 0 Å². The number of hydrogen-bond acceptors (Lipinski definition) is 2. The van der Waals surface area contributed by atoms with Crippen LogP contribution in [0, 0.1) is 19.7 Å². The molecule has 2 aromatic rings. The molecular weight excluding hydrogens is 303 g/mol. The first-order valence-electron chi connectivity index (χ1n) is 5.17. The lowest BCUT2D eigenvalue weighted by molar-refractivity contribution is 0.219. The van der Waals surface area contributed by atoms with Gasteiger partial charge in [0.15, 0.2) is 0 Å². The summed E-state index contributed by atoms with van der Waals surface area (Å²) in [6.07, 6.45) is -0.696. The van der Waals surface area contributed by atoms with Crippen molar-refractivity contribution < 1.29 is 9.50 Å². The maximum atomic E-state index is 13.2. The third kappa shape index (κ3) is 2.59. The third-order valence-corrected chi connectivity index (χ3v) is 4.26. The highest BCUT2D eigenvalue weighted by molar-refractivity contribution is 9.11. The monoisotopic (exact) mass is 314 g/mol. The number of benzene rings is 1. The van der Waals surface area contributed by atoms with Crippen LogP contribution in [0.25, 0.3) is 0 Å². The molecule has 0 fully saturated rings. The lowest BCUT2D eigenvalue weighted by Gasteiger charge is -2.15. The van der Waals surface area contributed by atoms with Gasteiger partial charge in [-0.1, -0.05) is 0 Å². The third-order valence-electron chi connectivity index (χ3n) is 2.74. The minimum Gasteiger partial charge on any atom is -0.384 e. The first-order chi connectivity index (χ1) is 7.99. The Labute approximate surface area is 112 Å². The minimum absolute atomic E-state index is 0.262. The standard InChI is InChI=1S/C13H12BrFOS/c1-7-3-10(15)4-8(2)12(7)13(16)9-5-11(14)17-6-9/h3-6,13,16H,1-2H3. The quantitative estimate of drug-likeness (QED) is 0.873. The van der Waals surface area contributed by atoms with Gasteiger partial charge in [0.1, 0.15) is 11.9 Å². The average Bonchev–Trinajstić information content (AvgIpc) is 2.63. The van der Waals surface area contributed by atoms with Crippen molar-refractivity contribution in [3.63, 3.8) is 0 Å². The van der Waals surface area contributed by atoms with Crippen LogP contribution in [0.3, 0.4) is 0 Å². The Balaban J connectivity index is 2.47. The molecule has 0 amide bonds. The number of aryl methyl sites for hydroxylation is 2. The molecule has 0 bridgehead atoms. The van der Waals surface area contributed by atoms with Crippen molar-refractivity contribution in [2.24, 2.45) is 0 Å². The zero-order chi connectivity index (χ0) is 12.6. The van der Waals surface area contributed by atoms with Crippen LogP contribution in [0.2, 0.25) is 0 Å². The van der Waals surface area contributed by atoms with Gasteiger partial charge < -0.3 is 5.11 Å². The van der Waals surface area contributed by atoms with Gasteiger partial charge >= 0.3 is 0 Å². The van der Waals surface area contributed by atoms with Crippen molar-refractivity contribution in [3.8, 4) is 0 Å². The first kappa shape index (κ1) is 12.7. The van der Waals surface area contributed by atoms with Crippen molar-refractivity contribution in [3.05, 3.63) is 55.4 Å². The highest BCUT2D eigenvalue weighted by Gasteiger charge is 2.17. The van der Waals surface area contributed by atoms with E-state index in [2.05, 4.69) is 15.9 Å². The van der Waals surface area contributed by atoms with Crippen molar-refractivity contribution >= 4 is 27.3 Å². The SMILES string of the molecule is Cc1cc(F)cc(C)c1C(O)c1csc(Br)c1. The second kappa shape index (κ2) is 4.88. The van der Waals surface area contributed by atoms with E-state index in [4.69, 9.17) is 0 Å². The Morgan fingerprint density at radius 1 is 1.24 bits per heavy atom. The molecule has 0 saturated carbocycles. The van der Waals surface area contributed by atoms with E-state index >= 15 is 0 Å². The van der Waals surface area contributed by atoms with E-state index < -0.39 is 6.10 Å². The van der Waals surface area contributed by atoms with Crippen LogP contribution in [0.5, 0.6) is 0 Å². The molecule has 1 atom stereocenters. The Morgan fingerprint density at radius 3 is 2.29 bits per heavy atom. The molecule has 0 aliphatic rings. The zero-order valence-electron chi connectivity index (χ0n) is 9.50. The van der Waals surface area contributed by atoms with E-state index in [1.165, 1.54) is 23.5 Å². The van der Waals surface area contributed by atoms with E-state index in [0.717, 1.165) is 26.0 Å². The van der Waals surface area contributed by atoms with Crippen LogP contribution in [0.15, 0.2) is 27.4 Å². The fourth-order valence-electron chi connectivity index (χ4n) is 1.99. The molecule has 1 N–H and O–H groups in total. The average molecular weight is 315 g/mol. The number of rotatable bonds is 2. The Bertz CT molecular complexity index is 527. The second-order valence-corrected chi connectivity index (χ2v) is 6.33. The zero-order valence-corrected chi connectivity index (χ0v) is 11.9. The topological polar surface area (TPSA) is 20.2 Å². The molecule has 90 valence electrons. The van der Waals surface area contributed by atoms with Gasteiger partial charge in [-0.15, -0.1) is 11.3 Å². The molecule has 0 aliphatic heterocycles. The Kier molecular flexibility index (Phi) is 3.66. The second-order valence-electron chi connectivity index (χ2n) is 4.04. The van der Waals surface area contributed by atoms with E-state index in [9.17, 15) is 9.50 Å².